The molecule has 94 valence electrons. The third kappa shape index (κ3) is 2.91. The Balaban J connectivity index is 2.09. The van der Waals surface area contributed by atoms with Crippen LogP contribution in [0, 0.1) is 6.92 Å². The number of thiazole rings is 1. The highest BCUT2D eigenvalue weighted by Crippen LogP contribution is 2.17. The van der Waals surface area contributed by atoms with Gasteiger partial charge in [-0.25, -0.2) is 4.98 Å². The number of rotatable bonds is 4. The Hall–Kier alpha value is -1.79. The second kappa shape index (κ2) is 5.70. The van der Waals surface area contributed by atoms with Crippen LogP contribution in [0.5, 0.6) is 0 Å². The van der Waals surface area contributed by atoms with Gasteiger partial charge in [0.15, 0.2) is 5.13 Å². The van der Waals surface area contributed by atoms with Crippen molar-refractivity contribution in [3.8, 4) is 0 Å². The normalized spacial score (nSPS) is 10.3. The third-order valence-corrected chi connectivity index (χ3v) is 3.10. The molecule has 2 rings (SSSR count). The molecule has 0 radical (unpaired) electrons. The van der Waals surface area contributed by atoms with Gasteiger partial charge in [0.05, 0.1) is 12.3 Å². The van der Waals surface area contributed by atoms with Gasteiger partial charge in [-0.15, -0.1) is 11.3 Å². The van der Waals surface area contributed by atoms with Crippen molar-refractivity contribution in [1.82, 2.24) is 9.97 Å². The fourth-order valence-corrected chi connectivity index (χ4v) is 2.15. The molecule has 6 heteroatoms. The summed E-state index contributed by atoms with van der Waals surface area (Å²) in [6, 6.07) is 3.65. The van der Waals surface area contributed by atoms with Crippen LogP contribution < -0.4 is 5.32 Å². The Morgan fingerprint density at radius 2 is 2.39 bits per heavy atom. The van der Waals surface area contributed by atoms with E-state index in [0.29, 0.717) is 17.4 Å². The Bertz CT molecular complexity index is 554. The van der Waals surface area contributed by atoms with Crippen molar-refractivity contribution in [2.45, 2.75) is 13.5 Å². The number of carbonyl (C=O) groups is 1. The van der Waals surface area contributed by atoms with E-state index >= 15 is 0 Å². The number of aromatic nitrogens is 2. The van der Waals surface area contributed by atoms with Crippen molar-refractivity contribution < 1.29 is 9.53 Å². The number of anilines is 1. The molecule has 2 heterocycles. The first-order chi connectivity index (χ1) is 8.70. The summed E-state index contributed by atoms with van der Waals surface area (Å²) in [5.74, 6) is -0.244. The van der Waals surface area contributed by atoms with Crippen LogP contribution in [0.3, 0.4) is 0 Å². The average molecular weight is 263 g/mol. The molecule has 2 aromatic heterocycles. The fraction of sp³-hybridized carbons (Fsp3) is 0.250. The molecule has 0 aliphatic heterocycles. The Morgan fingerprint density at radius 3 is 3.11 bits per heavy atom. The Morgan fingerprint density at radius 1 is 1.56 bits per heavy atom. The van der Waals surface area contributed by atoms with E-state index in [4.69, 9.17) is 4.74 Å². The first-order valence-corrected chi connectivity index (χ1v) is 6.25. The number of nitrogens with one attached hydrogen (secondary N) is 1. The van der Waals surface area contributed by atoms with Crippen LogP contribution in [0.4, 0.5) is 5.13 Å². The van der Waals surface area contributed by atoms with Gasteiger partial charge in [-0.3, -0.25) is 15.1 Å². The van der Waals surface area contributed by atoms with E-state index in [2.05, 4.69) is 15.3 Å². The van der Waals surface area contributed by atoms with Crippen molar-refractivity contribution in [3.63, 3.8) is 0 Å². The van der Waals surface area contributed by atoms with E-state index in [9.17, 15) is 4.79 Å². The predicted molar refractivity (Wildman–Crippen MR) is 69.8 cm³/mol. The molecule has 0 aromatic carbocycles. The second-order valence-electron chi connectivity index (χ2n) is 3.70. The number of nitrogens with zero attached hydrogens (tertiary/aromatic N) is 2. The number of ether oxygens (including phenoxy) is 1. The molecule has 0 aliphatic carbocycles. The topological polar surface area (TPSA) is 64.1 Å². The zero-order valence-corrected chi connectivity index (χ0v) is 11.0. The molecular formula is C12H13N3O2S. The van der Waals surface area contributed by atoms with Gasteiger partial charge in [0.2, 0.25) is 0 Å². The molecule has 1 amide bonds. The summed E-state index contributed by atoms with van der Waals surface area (Å²) >= 11 is 1.37. The maximum atomic E-state index is 12.0. The van der Waals surface area contributed by atoms with Crippen molar-refractivity contribution in [1.29, 1.82) is 0 Å². The van der Waals surface area contributed by atoms with E-state index < -0.39 is 0 Å². The standard InChI is InChI=1S/C12H13N3O2S/c1-8-4-3-5-13-10(8)11(16)15-12-14-9(6-17-2)7-18-12/h3-5,7H,6H2,1-2H3,(H,14,15,16). The minimum Gasteiger partial charge on any atom is -0.378 e. The highest BCUT2D eigenvalue weighted by molar-refractivity contribution is 7.13. The van der Waals surface area contributed by atoms with E-state index in [0.717, 1.165) is 11.3 Å². The number of aryl methyl sites for hydroxylation is 1. The summed E-state index contributed by atoms with van der Waals surface area (Å²) in [6.45, 7) is 2.29. The molecule has 0 saturated heterocycles. The van der Waals surface area contributed by atoms with Crippen molar-refractivity contribution in [2.24, 2.45) is 0 Å². The minimum absolute atomic E-state index is 0.244. The fourth-order valence-electron chi connectivity index (χ4n) is 1.46. The molecular weight excluding hydrogens is 250 g/mol. The average Bonchev–Trinajstić information content (AvgIpc) is 2.77. The van der Waals surface area contributed by atoms with Gasteiger partial charge in [-0.1, -0.05) is 6.07 Å². The smallest absolute Gasteiger partial charge is 0.276 e. The molecule has 0 bridgehead atoms. The van der Waals surface area contributed by atoms with Gasteiger partial charge in [0.25, 0.3) is 5.91 Å². The maximum absolute atomic E-state index is 12.0. The van der Waals surface area contributed by atoms with Crippen LogP contribution in [0.25, 0.3) is 0 Å². The van der Waals surface area contributed by atoms with Crippen molar-refractivity contribution in [3.05, 3.63) is 40.7 Å². The van der Waals surface area contributed by atoms with Crippen LogP contribution in [0.1, 0.15) is 21.7 Å². The molecule has 2 aromatic rings. The SMILES string of the molecule is COCc1csc(NC(=O)c2ncccc2C)n1. The number of hydrogen-bond donors (Lipinski definition) is 1. The molecule has 0 saturated carbocycles. The van der Waals surface area contributed by atoms with Crippen molar-refractivity contribution in [2.75, 3.05) is 12.4 Å². The quantitative estimate of drug-likeness (QED) is 0.918. The Kier molecular flexibility index (Phi) is 4.01. The highest BCUT2D eigenvalue weighted by atomic mass is 32.1. The molecule has 5 nitrogen and oxygen atoms in total. The van der Waals surface area contributed by atoms with Gasteiger partial charge in [-0.05, 0) is 18.6 Å². The van der Waals surface area contributed by atoms with Gasteiger partial charge >= 0.3 is 0 Å². The molecule has 1 N–H and O–H groups in total. The summed E-state index contributed by atoms with van der Waals surface area (Å²) in [6.07, 6.45) is 1.60. The van der Waals surface area contributed by atoms with Crippen LogP contribution in [-0.2, 0) is 11.3 Å². The largest absolute Gasteiger partial charge is 0.378 e. The van der Waals surface area contributed by atoms with Crippen LogP contribution in [-0.4, -0.2) is 23.0 Å². The molecule has 0 spiro atoms. The summed E-state index contributed by atoms with van der Waals surface area (Å²) in [5, 5.41) is 5.13. The zero-order chi connectivity index (χ0) is 13.0. The van der Waals surface area contributed by atoms with E-state index in [1.165, 1.54) is 11.3 Å². The third-order valence-electron chi connectivity index (χ3n) is 2.29. The lowest BCUT2D eigenvalue weighted by atomic mass is 10.2. The van der Waals surface area contributed by atoms with Gasteiger partial charge < -0.3 is 4.74 Å². The molecule has 18 heavy (non-hydrogen) atoms. The monoisotopic (exact) mass is 263 g/mol. The predicted octanol–water partition coefficient (Wildman–Crippen LogP) is 2.25. The van der Waals surface area contributed by atoms with Crippen LogP contribution in [0.15, 0.2) is 23.7 Å². The summed E-state index contributed by atoms with van der Waals surface area (Å²) in [4.78, 5) is 20.3. The molecule has 0 aliphatic rings. The summed E-state index contributed by atoms with van der Waals surface area (Å²) in [5.41, 5.74) is 2.06. The van der Waals surface area contributed by atoms with Crippen LogP contribution in [0.2, 0.25) is 0 Å². The highest BCUT2D eigenvalue weighted by Gasteiger charge is 2.12. The minimum atomic E-state index is -0.244. The number of carbonyl (C=O) groups excluding carboxylic acids is 1. The summed E-state index contributed by atoms with van der Waals surface area (Å²) < 4.78 is 4.97. The van der Waals surface area contributed by atoms with E-state index in [1.807, 2.05) is 18.4 Å². The molecule has 0 atom stereocenters. The number of methoxy groups -OCH3 is 1. The lowest BCUT2D eigenvalue weighted by molar-refractivity contribution is 0.102. The van der Waals surface area contributed by atoms with E-state index in [1.54, 1.807) is 19.4 Å². The zero-order valence-electron chi connectivity index (χ0n) is 10.1. The first-order valence-electron chi connectivity index (χ1n) is 5.37. The first kappa shape index (κ1) is 12.7. The second-order valence-corrected chi connectivity index (χ2v) is 4.56. The van der Waals surface area contributed by atoms with E-state index in [-0.39, 0.29) is 5.91 Å². The summed E-state index contributed by atoms with van der Waals surface area (Å²) in [7, 11) is 1.61. The van der Waals surface area contributed by atoms with Gasteiger partial charge in [0.1, 0.15) is 5.69 Å². The Labute approximate surface area is 109 Å². The molecule has 0 fully saturated rings. The number of amides is 1. The lowest BCUT2D eigenvalue weighted by Crippen LogP contribution is -2.14. The number of pyridine rings is 1. The molecule has 0 unspecified atom stereocenters. The lowest BCUT2D eigenvalue weighted by Gasteiger charge is -2.03. The van der Waals surface area contributed by atoms with Crippen LogP contribution >= 0.6 is 11.3 Å². The van der Waals surface area contributed by atoms with Crippen molar-refractivity contribution >= 4 is 22.4 Å². The number of hydrogen-bond acceptors (Lipinski definition) is 5. The maximum Gasteiger partial charge on any atom is 0.276 e. The van der Waals surface area contributed by atoms with Gasteiger partial charge in [-0.2, -0.15) is 0 Å². The van der Waals surface area contributed by atoms with Gasteiger partial charge in [0, 0.05) is 18.7 Å².